The van der Waals surface area contributed by atoms with Gasteiger partial charge in [0.05, 0.1) is 31.5 Å². The molecule has 5 N–H and O–H groups in total. The molecule has 2 aliphatic carbocycles. The van der Waals surface area contributed by atoms with E-state index < -0.39 is 66.2 Å². The van der Waals surface area contributed by atoms with Crippen LogP contribution in [-0.4, -0.2) is 108 Å². The number of nitrogens with zero attached hydrogens (tertiary/aromatic N) is 1. The Hall–Kier alpha value is -3.36. The number of hydrogen-bond donors (Lipinski definition) is 5. The molecule has 1 saturated heterocycles. The third-order valence-electron chi connectivity index (χ3n) is 11.3. The van der Waals surface area contributed by atoms with Gasteiger partial charge in [-0.2, -0.15) is 0 Å². The number of aliphatic hydroxyl groups is 5. The maximum absolute atomic E-state index is 13.2. The van der Waals surface area contributed by atoms with E-state index in [9.17, 15) is 35.1 Å². The van der Waals surface area contributed by atoms with Crippen molar-refractivity contribution in [3.63, 3.8) is 0 Å². The predicted octanol–water partition coefficient (Wildman–Crippen LogP) is 2.63. The minimum Gasteiger partial charge on any atom is -0.462 e. The van der Waals surface area contributed by atoms with Crippen LogP contribution in [0.25, 0.3) is 5.57 Å². The van der Waals surface area contributed by atoms with Gasteiger partial charge in [0, 0.05) is 31.1 Å². The number of anilines is 1. The molecule has 12 heteroatoms. The Morgan fingerprint density at radius 1 is 1.08 bits per heavy atom. The summed E-state index contributed by atoms with van der Waals surface area (Å²) in [5.41, 5.74) is 1.72. The Morgan fingerprint density at radius 3 is 2.40 bits per heavy atom. The number of aliphatic hydroxyl groups excluding tert-OH is 5. The summed E-state index contributed by atoms with van der Waals surface area (Å²) in [5.74, 6) is -1.34. The first kappa shape index (κ1) is 37.9. The molecular weight excluding hydrogens is 646 g/mol. The molecule has 5 rings (SSSR count). The van der Waals surface area contributed by atoms with Gasteiger partial charge in [0.2, 0.25) is 0 Å². The van der Waals surface area contributed by atoms with Crippen LogP contribution in [0.15, 0.2) is 66.0 Å². The molecule has 12 nitrogen and oxygen atoms in total. The molecule has 2 heterocycles. The van der Waals surface area contributed by atoms with Crippen LogP contribution in [0.3, 0.4) is 0 Å². The van der Waals surface area contributed by atoms with Crippen molar-refractivity contribution in [3.8, 4) is 0 Å². The lowest BCUT2D eigenvalue weighted by Crippen LogP contribution is -2.63. The molecule has 1 aromatic rings. The van der Waals surface area contributed by atoms with Crippen molar-refractivity contribution in [1.29, 1.82) is 0 Å². The first-order chi connectivity index (χ1) is 23.7. The van der Waals surface area contributed by atoms with Gasteiger partial charge in [-0.3, -0.25) is 0 Å². The van der Waals surface area contributed by atoms with Crippen molar-refractivity contribution >= 4 is 23.2 Å². The fourth-order valence-corrected chi connectivity index (χ4v) is 8.36. The van der Waals surface area contributed by atoms with Gasteiger partial charge in [-0.1, -0.05) is 50.3 Å². The third kappa shape index (κ3) is 6.94. The van der Waals surface area contributed by atoms with Crippen LogP contribution < -0.4 is 4.90 Å². The lowest BCUT2D eigenvalue weighted by atomic mass is 9.46. The molecule has 10 atom stereocenters. The monoisotopic (exact) mass is 697 g/mol. The van der Waals surface area contributed by atoms with Crippen LogP contribution in [0.5, 0.6) is 0 Å². The summed E-state index contributed by atoms with van der Waals surface area (Å²) in [5, 5.41) is 51.7. The highest BCUT2D eigenvalue weighted by Gasteiger charge is 2.59. The first-order valence-electron chi connectivity index (χ1n) is 17.3. The van der Waals surface area contributed by atoms with Crippen molar-refractivity contribution < 1.29 is 54.1 Å². The second-order valence-corrected chi connectivity index (χ2v) is 14.5. The van der Waals surface area contributed by atoms with E-state index in [0.29, 0.717) is 24.8 Å². The zero-order chi connectivity index (χ0) is 36.5. The summed E-state index contributed by atoms with van der Waals surface area (Å²) >= 11 is 0. The van der Waals surface area contributed by atoms with E-state index >= 15 is 0 Å². The molecule has 2 aliphatic heterocycles. The molecule has 0 bridgehead atoms. The van der Waals surface area contributed by atoms with Crippen LogP contribution in [0.4, 0.5) is 5.69 Å². The summed E-state index contributed by atoms with van der Waals surface area (Å²) in [6.07, 6.45) is 0.116. The number of ether oxygens (including phenoxy) is 4. The third-order valence-corrected chi connectivity index (χ3v) is 11.3. The average molecular weight is 698 g/mol. The minimum atomic E-state index is -1.57. The van der Waals surface area contributed by atoms with E-state index in [1.807, 2.05) is 44.1 Å². The van der Waals surface area contributed by atoms with Gasteiger partial charge >= 0.3 is 11.9 Å². The van der Waals surface area contributed by atoms with E-state index in [4.69, 9.17) is 18.9 Å². The Kier molecular flexibility index (Phi) is 11.4. The molecule has 7 unspecified atom stereocenters. The van der Waals surface area contributed by atoms with Crippen LogP contribution in [-0.2, 0) is 28.5 Å². The zero-order valence-corrected chi connectivity index (χ0v) is 29.4. The quantitative estimate of drug-likeness (QED) is 0.105. The van der Waals surface area contributed by atoms with Crippen LogP contribution in [0.1, 0.15) is 52.0 Å². The number of esters is 2. The van der Waals surface area contributed by atoms with Gasteiger partial charge in [0.25, 0.3) is 0 Å². The molecule has 0 amide bonds. The smallest absolute Gasteiger partial charge is 0.343 e. The molecule has 2 saturated carbocycles. The van der Waals surface area contributed by atoms with Gasteiger partial charge in [-0.15, -0.1) is 0 Å². The van der Waals surface area contributed by atoms with Gasteiger partial charge < -0.3 is 49.4 Å². The van der Waals surface area contributed by atoms with E-state index in [1.54, 1.807) is 31.2 Å². The molecule has 274 valence electrons. The van der Waals surface area contributed by atoms with Gasteiger partial charge in [0.1, 0.15) is 35.7 Å². The van der Waals surface area contributed by atoms with Crippen LogP contribution in [0.2, 0.25) is 0 Å². The molecule has 0 radical (unpaired) electrons. The van der Waals surface area contributed by atoms with Gasteiger partial charge in [-0.05, 0) is 67.7 Å². The maximum Gasteiger partial charge on any atom is 0.343 e. The van der Waals surface area contributed by atoms with Crippen molar-refractivity contribution in [2.24, 2.45) is 22.7 Å². The number of fused-ring (bicyclic) bond motifs is 1. The molecule has 0 aromatic heterocycles. The SMILES string of the molecule is C=C1CCC2[C@](C)(CC[C@@H](OC3OC(CO)C(O)C(O)C3O)[C@@]2(C)CO)C1/C=C/C1=CC(=C(/C(=O)OCC)c2ccc(N(C)C)cc2)/OC1=O. The summed E-state index contributed by atoms with van der Waals surface area (Å²) in [6, 6.07) is 7.30. The summed E-state index contributed by atoms with van der Waals surface area (Å²) in [7, 11) is 3.83. The first-order valence-corrected chi connectivity index (χ1v) is 17.3. The topological polar surface area (TPSA) is 175 Å². The van der Waals surface area contributed by atoms with Crippen molar-refractivity contribution in [2.45, 2.75) is 83.3 Å². The summed E-state index contributed by atoms with van der Waals surface area (Å²) in [4.78, 5) is 28.2. The molecule has 0 spiro atoms. The van der Waals surface area contributed by atoms with E-state index in [2.05, 4.69) is 13.5 Å². The number of allylic oxidation sites excluding steroid dienone is 3. The molecule has 4 aliphatic rings. The summed E-state index contributed by atoms with van der Waals surface area (Å²) in [6.45, 7) is 9.54. The Balaban J connectivity index is 1.41. The largest absolute Gasteiger partial charge is 0.462 e. The van der Waals surface area contributed by atoms with Crippen molar-refractivity contribution in [1.82, 2.24) is 0 Å². The average Bonchev–Trinajstić information content (AvgIpc) is 3.45. The highest BCUT2D eigenvalue weighted by molar-refractivity contribution is 6.19. The molecule has 3 fully saturated rings. The number of cyclic esters (lactones) is 1. The maximum atomic E-state index is 13.2. The number of benzene rings is 1. The number of carbonyl (C=O) groups is 2. The van der Waals surface area contributed by atoms with Crippen molar-refractivity contribution in [2.75, 3.05) is 38.8 Å². The van der Waals surface area contributed by atoms with E-state index in [0.717, 1.165) is 17.7 Å². The molecule has 1 aromatic carbocycles. The van der Waals surface area contributed by atoms with Crippen molar-refractivity contribution in [3.05, 3.63) is 71.5 Å². The lowest BCUT2D eigenvalue weighted by Gasteiger charge is -2.60. The standard InChI is InChI=1S/C38H51NO11/c1-7-47-35(46)30(22-9-12-24(13-10-22)39(5)6)26-18-23(34(45)48-26)11-14-25-21(2)8-15-28-37(25,3)17-16-29(38(28,4)20-41)50-36-33(44)32(43)31(42)27(19-40)49-36/h9-14,18,25,27-29,31-33,36,40-44H,2,7-8,15-17,19-20H2,1,3-6H3/b14-11+,30-26-/t25?,27?,28?,29-,31?,32?,33?,36?,37-,38+/m1/s1. The van der Waals surface area contributed by atoms with Gasteiger partial charge in [0.15, 0.2) is 6.29 Å². The lowest BCUT2D eigenvalue weighted by molar-refractivity contribution is -0.329. The fraction of sp³-hybridized carbons (Fsp3) is 0.579. The highest BCUT2D eigenvalue weighted by Crippen LogP contribution is 2.62. The number of hydrogen-bond acceptors (Lipinski definition) is 12. The Bertz CT molecular complexity index is 1530. The van der Waals surface area contributed by atoms with Crippen LogP contribution in [0, 0.1) is 22.7 Å². The van der Waals surface area contributed by atoms with E-state index in [1.165, 1.54) is 0 Å². The second-order valence-electron chi connectivity index (χ2n) is 14.5. The minimum absolute atomic E-state index is 0.0793. The second kappa shape index (κ2) is 15.1. The predicted molar refractivity (Wildman–Crippen MR) is 184 cm³/mol. The normalized spacial score (nSPS) is 36.9. The molecule has 50 heavy (non-hydrogen) atoms. The Labute approximate surface area is 293 Å². The molecular formula is C38H51NO11. The van der Waals surface area contributed by atoms with E-state index in [-0.39, 0.29) is 42.0 Å². The highest BCUT2D eigenvalue weighted by atomic mass is 16.7. The number of rotatable bonds is 10. The van der Waals surface area contributed by atoms with Gasteiger partial charge in [-0.25, -0.2) is 9.59 Å². The summed E-state index contributed by atoms with van der Waals surface area (Å²) < 4.78 is 22.9. The van der Waals surface area contributed by atoms with Crippen LogP contribution >= 0.6 is 0 Å². The zero-order valence-electron chi connectivity index (χ0n) is 29.4. The number of carbonyl (C=O) groups excluding carboxylic acids is 2. The fourth-order valence-electron chi connectivity index (χ4n) is 8.36. The Morgan fingerprint density at radius 2 is 1.78 bits per heavy atom.